The largest absolute Gasteiger partial charge is 0.417 e. The molecule has 0 aromatic carbocycles. The van der Waals surface area contributed by atoms with E-state index in [0.29, 0.717) is 30.3 Å². The number of piperidine rings is 1. The quantitative estimate of drug-likeness (QED) is 0.627. The topological polar surface area (TPSA) is 63.5 Å². The van der Waals surface area contributed by atoms with Crippen molar-refractivity contribution in [3.8, 4) is 5.82 Å². The average Bonchev–Trinajstić information content (AvgIpc) is 3.28. The maximum Gasteiger partial charge on any atom is 0.417 e. The van der Waals surface area contributed by atoms with Crippen LogP contribution in [0.3, 0.4) is 0 Å². The van der Waals surface area contributed by atoms with E-state index in [1.165, 1.54) is 16.9 Å². The van der Waals surface area contributed by atoms with Gasteiger partial charge in [-0.25, -0.2) is 9.67 Å². The lowest BCUT2D eigenvalue weighted by Gasteiger charge is -2.34. The highest BCUT2D eigenvalue weighted by molar-refractivity contribution is 5.95. The predicted octanol–water partition coefficient (Wildman–Crippen LogP) is 3.98. The van der Waals surface area contributed by atoms with E-state index in [1.807, 2.05) is 18.7 Å². The Morgan fingerprint density at radius 2 is 1.82 bits per heavy atom. The molecule has 7 nitrogen and oxygen atoms in total. The molecular weight excluding hydrogens is 447 g/mol. The van der Waals surface area contributed by atoms with Crippen LogP contribution in [0, 0.1) is 5.92 Å². The number of carbonyl (C=O) groups is 1. The molecule has 0 bridgehead atoms. The van der Waals surface area contributed by atoms with Gasteiger partial charge in [0.15, 0.2) is 5.82 Å². The molecule has 2 aromatic rings. The number of hydrogen-bond acceptors (Lipinski definition) is 5. The molecule has 4 heterocycles. The van der Waals surface area contributed by atoms with Gasteiger partial charge in [-0.3, -0.25) is 9.69 Å². The number of ether oxygens (including phenoxy) is 1. The maximum absolute atomic E-state index is 13.3. The summed E-state index contributed by atoms with van der Waals surface area (Å²) in [6, 6.07) is 2.27. The molecule has 4 rings (SSSR count). The number of hydrogen-bond donors (Lipinski definition) is 0. The van der Waals surface area contributed by atoms with Gasteiger partial charge in [-0.15, -0.1) is 0 Å². The summed E-state index contributed by atoms with van der Waals surface area (Å²) in [7, 11) is 0. The summed E-state index contributed by atoms with van der Waals surface area (Å²) in [4.78, 5) is 21.6. The van der Waals surface area contributed by atoms with Gasteiger partial charge in [0, 0.05) is 32.4 Å². The number of nitrogens with zero attached hydrogens (tertiary/aromatic N) is 5. The first-order chi connectivity index (χ1) is 16.2. The highest BCUT2D eigenvalue weighted by atomic mass is 19.4. The van der Waals surface area contributed by atoms with Gasteiger partial charge >= 0.3 is 6.18 Å². The lowest BCUT2D eigenvalue weighted by Crippen LogP contribution is -2.41. The van der Waals surface area contributed by atoms with E-state index < -0.39 is 11.7 Å². The van der Waals surface area contributed by atoms with Crippen molar-refractivity contribution in [2.45, 2.75) is 45.2 Å². The monoisotopic (exact) mass is 479 g/mol. The van der Waals surface area contributed by atoms with Gasteiger partial charge in [-0.1, -0.05) is 13.8 Å². The predicted molar refractivity (Wildman–Crippen MR) is 121 cm³/mol. The third kappa shape index (κ3) is 5.60. The molecule has 2 fully saturated rings. The minimum atomic E-state index is -4.45. The van der Waals surface area contributed by atoms with Gasteiger partial charge in [0.05, 0.1) is 36.2 Å². The number of pyridine rings is 1. The third-order valence-electron chi connectivity index (χ3n) is 6.73. The summed E-state index contributed by atoms with van der Waals surface area (Å²) in [5, 5.41) is 4.32. The van der Waals surface area contributed by atoms with E-state index in [1.54, 1.807) is 0 Å². The second kappa shape index (κ2) is 10.4. The van der Waals surface area contributed by atoms with Crippen LogP contribution in [-0.2, 0) is 10.9 Å². The fourth-order valence-electron chi connectivity index (χ4n) is 4.72. The first kappa shape index (κ1) is 24.7. The molecule has 0 saturated carbocycles. The van der Waals surface area contributed by atoms with Crippen LogP contribution >= 0.6 is 0 Å². The van der Waals surface area contributed by atoms with Crippen molar-refractivity contribution in [3.05, 3.63) is 41.3 Å². The molecule has 2 aliphatic heterocycles. The fourth-order valence-corrected chi connectivity index (χ4v) is 4.72. The van der Waals surface area contributed by atoms with E-state index in [4.69, 9.17) is 4.74 Å². The highest BCUT2D eigenvalue weighted by Gasteiger charge is 2.32. The minimum absolute atomic E-state index is 0.0587. The Hall–Kier alpha value is -2.46. The van der Waals surface area contributed by atoms with Crippen LogP contribution in [0.15, 0.2) is 24.5 Å². The number of aromatic nitrogens is 3. The summed E-state index contributed by atoms with van der Waals surface area (Å²) in [6.45, 7) is 9.95. The maximum atomic E-state index is 13.3. The van der Waals surface area contributed by atoms with Crippen molar-refractivity contribution in [2.24, 2.45) is 5.92 Å². The van der Waals surface area contributed by atoms with Crippen molar-refractivity contribution in [1.29, 1.82) is 0 Å². The van der Waals surface area contributed by atoms with Gasteiger partial charge in [0.1, 0.15) is 0 Å². The molecule has 2 aliphatic rings. The van der Waals surface area contributed by atoms with Crippen LogP contribution in [0.4, 0.5) is 13.2 Å². The van der Waals surface area contributed by atoms with E-state index in [-0.39, 0.29) is 17.6 Å². The SMILES string of the molecule is CC(C)c1c(C(=O)N2CCC(CCN3CCOCC3)CC2)cnn1-c1ccc(C(F)(F)F)cn1. The van der Waals surface area contributed by atoms with Crippen LogP contribution in [0.2, 0.25) is 0 Å². The number of rotatable bonds is 6. The summed E-state index contributed by atoms with van der Waals surface area (Å²) in [6.07, 6.45) is 0.942. The van der Waals surface area contributed by atoms with Crippen LogP contribution in [-0.4, -0.2) is 76.4 Å². The molecule has 0 unspecified atom stereocenters. The Balaban J connectivity index is 1.41. The van der Waals surface area contributed by atoms with Gasteiger partial charge in [-0.05, 0) is 49.8 Å². The molecular formula is C24H32F3N5O2. The molecule has 0 radical (unpaired) electrons. The summed E-state index contributed by atoms with van der Waals surface area (Å²) >= 11 is 0. The third-order valence-corrected chi connectivity index (χ3v) is 6.73. The summed E-state index contributed by atoms with van der Waals surface area (Å²) < 4.78 is 45.6. The van der Waals surface area contributed by atoms with Crippen molar-refractivity contribution < 1.29 is 22.7 Å². The standard InChI is InChI=1S/C24H32F3N5O2/c1-17(2)22-20(16-29-32(22)21-4-3-19(15-28-21)24(25,26)27)23(33)31-9-6-18(7-10-31)5-8-30-11-13-34-14-12-30/h3-4,15-18H,5-14H2,1-2H3. The molecule has 0 atom stereocenters. The van der Waals surface area contributed by atoms with Crippen molar-refractivity contribution >= 4 is 5.91 Å². The lowest BCUT2D eigenvalue weighted by molar-refractivity contribution is -0.137. The Kier molecular flexibility index (Phi) is 7.57. The normalized spacial score (nSPS) is 18.6. The number of carbonyl (C=O) groups excluding carboxylic acids is 1. The van der Waals surface area contributed by atoms with Crippen LogP contribution in [0.1, 0.15) is 60.6 Å². The van der Waals surface area contributed by atoms with Gasteiger partial charge < -0.3 is 9.64 Å². The zero-order valence-corrected chi connectivity index (χ0v) is 19.7. The molecule has 0 N–H and O–H groups in total. The first-order valence-corrected chi connectivity index (χ1v) is 11.9. The second-order valence-corrected chi connectivity index (χ2v) is 9.39. The number of halogens is 3. The number of morpholine rings is 1. The molecule has 1 amide bonds. The molecule has 10 heteroatoms. The molecule has 186 valence electrons. The van der Waals surface area contributed by atoms with E-state index >= 15 is 0 Å². The smallest absolute Gasteiger partial charge is 0.379 e. The Labute approximate surface area is 197 Å². The van der Waals surface area contributed by atoms with Crippen molar-refractivity contribution in [1.82, 2.24) is 24.6 Å². The molecule has 2 saturated heterocycles. The fraction of sp³-hybridized carbons (Fsp3) is 0.625. The van der Waals surface area contributed by atoms with Crippen LogP contribution < -0.4 is 0 Å². The average molecular weight is 480 g/mol. The molecule has 34 heavy (non-hydrogen) atoms. The van der Waals surface area contributed by atoms with Crippen molar-refractivity contribution in [3.63, 3.8) is 0 Å². The van der Waals surface area contributed by atoms with Crippen molar-refractivity contribution in [2.75, 3.05) is 45.9 Å². The van der Waals surface area contributed by atoms with E-state index in [0.717, 1.165) is 64.4 Å². The molecule has 2 aromatic heterocycles. The minimum Gasteiger partial charge on any atom is -0.379 e. The van der Waals surface area contributed by atoms with Gasteiger partial charge in [0.25, 0.3) is 5.91 Å². The molecule has 0 spiro atoms. The Morgan fingerprint density at radius 3 is 2.41 bits per heavy atom. The number of likely N-dealkylation sites (tertiary alicyclic amines) is 1. The van der Waals surface area contributed by atoms with Crippen LogP contribution in [0.5, 0.6) is 0 Å². The van der Waals surface area contributed by atoms with E-state index in [2.05, 4.69) is 15.0 Å². The zero-order valence-electron chi connectivity index (χ0n) is 19.7. The number of alkyl halides is 3. The second-order valence-electron chi connectivity index (χ2n) is 9.39. The molecule has 0 aliphatic carbocycles. The highest BCUT2D eigenvalue weighted by Crippen LogP contribution is 2.30. The van der Waals surface area contributed by atoms with Gasteiger partial charge in [-0.2, -0.15) is 18.3 Å². The van der Waals surface area contributed by atoms with Crippen LogP contribution in [0.25, 0.3) is 5.82 Å². The zero-order chi connectivity index (χ0) is 24.3. The summed E-state index contributed by atoms with van der Waals surface area (Å²) in [5.41, 5.74) is 0.331. The Bertz CT molecular complexity index is 960. The van der Waals surface area contributed by atoms with Gasteiger partial charge in [0.2, 0.25) is 0 Å². The lowest BCUT2D eigenvalue weighted by atomic mass is 9.92. The Morgan fingerprint density at radius 1 is 1.12 bits per heavy atom. The number of amides is 1. The summed E-state index contributed by atoms with van der Waals surface area (Å²) in [5.74, 6) is 0.734. The van der Waals surface area contributed by atoms with E-state index in [9.17, 15) is 18.0 Å². The first-order valence-electron chi connectivity index (χ1n) is 11.9.